The Bertz CT molecular complexity index is 1330. The number of aromatic nitrogens is 2. The Morgan fingerprint density at radius 3 is 2.38 bits per heavy atom. The number of anilines is 1. The molecule has 6 heteroatoms. The average Bonchev–Trinajstić information content (AvgIpc) is 3.27. The first kappa shape index (κ1) is 22.7. The molecule has 0 unspecified atom stereocenters. The van der Waals surface area contributed by atoms with Gasteiger partial charge in [-0.05, 0) is 36.3 Å². The lowest BCUT2D eigenvalue weighted by atomic mass is 10.1. The molecular formula is C28H26N4O2. The van der Waals surface area contributed by atoms with Gasteiger partial charge in [0.25, 0.3) is 5.91 Å². The van der Waals surface area contributed by atoms with E-state index in [1.54, 1.807) is 25.3 Å². The number of aryl methyl sites for hydroxylation is 1. The summed E-state index contributed by atoms with van der Waals surface area (Å²) in [6.45, 7) is 2.51. The number of amides is 2. The molecule has 6 nitrogen and oxygen atoms in total. The molecule has 0 spiro atoms. The zero-order chi connectivity index (χ0) is 23.9. The van der Waals surface area contributed by atoms with E-state index in [9.17, 15) is 9.59 Å². The Morgan fingerprint density at radius 1 is 0.971 bits per heavy atom. The third-order valence-corrected chi connectivity index (χ3v) is 5.42. The molecular weight excluding hydrogens is 424 g/mol. The van der Waals surface area contributed by atoms with Crippen LogP contribution in [0.2, 0.25) is 0 Å². The smallest absolute Gasteiger partial charge is 0.251 e. The summed E-state index contributed by atoms with van der Waals surface area (Å²) in [7, 11) is 1.57. The molecule has 0 radical (unpaired) electrons. The van der Waals surface area contributed by atoms with Crippen molar-refractivity contribution >= 4 is 23.6 Å². The SMILES string of the molecule is CNC(=O)c1ccc(C)c(NC(=O)C=Cc2cn(Cc3ccccc3)nc2-c2ccccc2)c1. The average molecular weight is 451 g/mol. The van der Waals surface area contributed by atoms with Crippen molar-refractivity contribution in [1.29, 1.82) is 0 Å². The third-order valence-electron chi connectivity index (χ3n) is 5.42. The minimum atomic E-state index is -0.285. The van der Waals surface area contributed by atoms with Gasteiger partial charge < -0.3 is 10.6 Å². The highest BCUT2D eigenvalue weighted by Gasteiger charge is 2.11. The highest BCUT2D eigenvalue weighted by molar-refractivity contribution is 6.04. The highest BCUT2D eigenvalue weighted by Crippen LogP contribution is 2.24. The van der Waals surface area contributed by atoms with E-state index in [0.29, 0.717) is 17.8 Å². The van der Waals surface area contributed by atoms with Gasteiger partial charge in [-0.1, -0.05) is 66.7 Å². The van der Waals surface area contributed by atoms with Crippen LogP contribution in [-0.2, 0) is 11.3 Å². The molecule has 4 rings (SSSR count). The molecule has 0 saturated heterocycles. The van der Waals surface area contributed by atoms with Gasteiger partial charge in [0.05, 0.1) is 12.2 Å². The van der Waals surface area contributed by atoms with Crippen LogP contribution < -0.4 is 10.6 Å². The molecule has 0 bridgehead atoms. The van der Waals surface area contributed by atoms with Crippen LogP contribution in [0.1, 0.15) is 27.0 Å². The number of rotatable bonds is 7. The van der Waals surface area contributed by atoms with Gasteiger partial charge in [0.15, 0.2) is 0 Å². The van der Waals surface area contributed by atoms with Crippen molar-refractivity contribution in [2.75, 3.05) is 12.4 Å². The summed E-state index contributed by atoms with van der Waals surface area (Å²) in [5.41, 5.74) is 5.72. The first-order chi connectivity index (χ1) is 16.5. The van der Waals surface area contributed by atoms with Crippen LogP contribution in [-0.4, -0.2) is 28.6 Å². The summed E-state index contributed by atoms with van der Waals surface area (Å²) in [4.78, 5) is 24.6. The Morgan fingerprint density at radius 2 is 1.68 bits per heavy atom. The lowest BCUT2D eigenvalue weighted by Crippen LogP contribution is -2.18. The summed E-state index contributed by atoms with van der Waals surface area (Å²) < 4.78 is 1.88. The maximum atomic E-state index is 12.7. The number of benzene rings is 3. The fourth-order valence-electron chi connectivity index (χ4n) is 3.61. The van der Waals surface area contributed by atoms with Crippen molar-refractivity contribution < 1.29 is 9.59 Å². The van der Waals surface area contributed by atoms with E-state index in [-0.39, 0.29) is 11.8 Å². The Hall–Kier alpha value is -4.45. The second-order valence-electron chi connectivity index (χ2n) is 7.91. The molecule has 0 aliphatic carbocycles. The second-order valence-corrected chi connectivity index (χ2v) is 7.91. The van der Waals surface area contributed by atoms with E-state index in [0.717, 1.165) is 27.9 Å². The van der Waals surface area contributed by atoms with Gasteiger partial charge >= 0.3 is 0 Å². The van der Waals surface area contributed by atoms with E-state index in [4.69, 9.17) is 5.10 Å². The van der Waals surface area contributed by atoms with Crippen molar-refractivity contribution in [3.63, 3.8) is 0 Å². The fourth-order valence-corrected chi connectivity index (χ4v) is 3.61. The highest BCUT2D eigenvalue weighted by atomic mass is 16.2. The van der Waals surface area contributed by atoms with Gasteiger partial charge in [0.1, 0.15) is 0 Å². The second kappa shape index (κ2) is 10.4. The molecule has 2 amide bonds. The van der Waals surface area contributed by atoms with Gasteiger partial charge in [0, 0.05) is 41.7 Å². The summed E-state index contributed by atoms with van der Waals surface area (Å²) in [6.07, 6.45) is 5.20. The number of carbonyl (C=O) groups excluding carboxylic acids is 2. The lowest BCUT2D eigenvalue weighted by molar-refractivity contribution is -0.111. The van der Waals surface area contributed by atoms with Crippen molar-refractivity contribution in [1.82, 2.24) is 15.1 Å². The molecule has 0 saturated carbocycles. The maximum absolute atomic E-state index is 12.7. The van der Waals surface area contributed by atoms with Gasteiger partial charge in [-0.2, -0.15) is 5.10 Å². The minimum Gasteiger partial charge on any atom is -0.355 e. The van der Waals surface area contributed by atoms with Crippen LogP contribution in [0.4, 0.5) is 5.69 Å². The standard InChI is InChI=1S/C28H26N4O2/c1-20-13-14-23(28(34)29-2)17-25(20)30-26(33)16-15-24-19-32(18-21-9-5-3-6-10-21)31-27(24)22-11-7-4-8-12-22/h3-17,19H,18H2,1-2H3,(H,29,34)(H,30,33). The molecule has 1 aromatic heterocycles. The molecule has 0 atom stereocenters. The summed E-state index contributed by atoms with van der Waals surface area (Å²) in [5, 5.41) is 10.2. The van der Waals surface area contributed by atoms with Crippen LogP contribution in [0.5, 0.6) is 0 Å². The van der Waals surface area contributed by atoms with E-state index < -0.39 is 0 Å². The molecule has 34 heavy (non-hydrogen) atoms. The number of carbonyl (C=O) groups is 2. The van der Waals surface area contributed by atoms with Crippen LogP contribution in [0.3, 0.4) is 0 Å². The Kier molecular flexibility index (Phi) is 6.98. The molecule has 4 aromatic rings. The molecule has 0 aliphatic heterocycles. The van der Waals surface area contributed by atoms with Gasteiger partial charge in [0.2, 0.25) is 5.91 Å². The number of hydrogen-bond acceptors (Lipinski definition) is 3. The van der Waals surface area contributed by atoms with E-state index in [1.807, 2.05) is 72.4 Å². The molecule has 1 heterocycles. The van der Waals surface area contributed by atoms with Crippen LogP contribution in [0.25, 0.3) is 17.3 Å². The Labute approximate surface area is 198 Å². The summed E-state index contributed by atoms with van der Waals surface area (Å²) >= 11 is 0. The van der Waals surface area contributed by atoms with E-state index >= 15 is 0 Å². The van der Waals surface area contributed by atoms with Gasteiger partial charge in [-0.15, -0.1) is 0 Å². The quantitative estimate of drug-likeness (QED) is 0.393. The Balaban J connectivity index is 1.58. The van der Waals surface area contributed by atoms with Crippen molar-refractivity contribution in [3.05, 3.63) is 113 Å². The predicted octanol–water partition coefficient (Wildman–Crippen LogP) is 4.92. The normalized spacial score (nSPS) is 10.9. The number of nitrogens with one attached hydrogen (secondary N) is 2. The van der Waals surface area contributed by atoms with E-state index in [1.165, 1.54) is 6.08 Å². The summed E-state index contributed by atoms with van der Waals surface area (Å²) in [6, 6.07) is 25.2. The first-order valence-electron chi connectivity index (χ1n) is 11.0. The van der Waals surface area contributed by atoms with Crippen molar-refractivity contribution in [2.24, 2.45) is 0 Å². The largest absolute Gasteiger partial charge is 0.355 e. The molecule has 3 aromatic carbocycles. The molecule has 170 valence electrons. The predicted molar refractivity (Wildman–Crippen MR) is 135 cm³/mol. The zero-order valence-corrected chi connectivity index (χ0v) is 19.2. The lowest BCUT2D eigenvalue weighted by Gasteiger charge is -2.08. The van der Waals surface area contributed by atoms with Crippen LogP contribution in [0.15, 0.2) is 91.1 Å². The molecule has 0 fully saturated rings. The monoisotopic (exact) mass is 450 g/mol. The van der Waals surface area contributed by atoms with Gasteiger partial charge in [-0.25, -0.2) is 0 Å². The molecule has 0 aliphatic rings. The fraction of sp³-hybridized carbons (Fsp3) is 0.107. The number of hydrogen-bond donors (Lipinski definition) is 2. The molecule has 2 N–H and O–H groups in total. The minimum absolute atomic E-state index is 0.204. The number of nitrogens with zero attached hydrogens (tertiary/aromatic N) is 2. The van der Waals surface area contributed by atoms with Gasteiger partial charge in [-0.3, -0.25) is 14.3 Å². The first-order valence-corrected chi connectivity index (χ1v) is 11.0. The third kappa shape index (κ3) is 5.48. The maximum Gasteiger partial charge on any atom is 0.251 e. The van der Waals surface area contributed by atoms with Crippen molar-refractivity contribution in [3.8, 4) is 11.3 Å². The van der Waals surface area contributed by atoms with E-state index in [2.05, 4.69) is 22.8 Å². The summed E-state index contributed by atoms with van der Waals surface area (Å²) in [5.74, 6) is -0.489. The zero-order valence-electron chi connectivity index (χ0n) is 19.2. The van der Waals surface area contributed by atoms with Crippen LogP contribution >= 0.6 is 0 Å². The van der Waals surface area contributed by atoms with Crippen molar-refractivity contribution in [2.45, 2.75) is 13.5 Å². The van der Waals surface area contributed by atoms with Crippen LogP contribution in [0, 0.1) is 6.92 Å². The topological polar surface area (TPSA) is 76.0 Å².